The minimum atomic E-state index is 0.491. The van der Waals surface area contributed by atoms with E-state index in [2.05, 4.69) is 51.0 Å². The van der Waals surface area contributed by atoms with Crippen LogP contribution < -0.4 is 4.74 Å². The van der Waals surface area contributed by atoms with E-state index in [9.17, 15) is 0 Å². The average Bonchev–Trinajstić information content (AvgIpc) is 3.29. The summed E-state index contributed by atoms with van der Waals surface area (Å²) in [7, 11) is 1.69. The molecule has 27 heavy (non-hydrogen) atoms. The molecule has 0 N–H and O–H groups in total. The summed E-state index contributed by atoms with van der Waals surface area (Å²) < 4.78 is 9.86. The molecule has 1 aliphatic rings. The molecule has 140 valence electrons. The van der Waals surface area contributed by atoms with Crippen molar-refractivity contribution in [3.8, 4) is 11.4 Å². The number of aromatic nitrogens is 5. The van der Waals surface area contributed by atoms with E-state index >= 15 is 0 Å². The maximum atomic E-state index is 5.58. The summed E-state index contributed by atoms with van der Waals surface area (Å²) in [4.78, 5) is 4.29. The maximum absolute atomic E-state index is 5.58. The minimum Gasteiger partial charge on any atom is -0.495 e. The summed E-state index contributed by atoms with van der Waals surface area (Å²) in [6.07, 6.45) is 12.3. The van der Waals surface area contributed by atoms with Crippen molar-refractivity contribution >= 4 is 6.08 Å². The third-order valence-electron chi connectivity index (χ3n) is 5.10. The van der Waals surface area contributed by atoms with Crippen LogP contribution in [-0.2, 0) is 12.8 Å². The van der Waals surface area contributed by atoms with Crippen molar-refractivity contribution in [3.05, 3.63) is 59.7 Å². The van der Waals surface area contributed by atoms with Gasteiger partial charge >= 0.3 is 0 Å². The lowest BCUT2D eigenvalue weighted by atomic mass is 10.1. The summed E-state index contributed by atoms with van der Waals surface area (Å²) in [5.41, 5.74) is 3.06. The molecule has 3 aromatic rings. The maximum Gasteiger partial charge on any atom is 0.143 e. The van der Waals surface area contributed by atoms with Crippen molar-refractivity contribution in [1.29, 1.82) is 0 Å². The Morgan fingerprint density at radius 3 is 2.96 bits per heavy atom. The fourth-order valence-corrected chi connectivity index (χ4v) is 3.73. The second-order valence-electron chi connectivity index (χ2n) is 7.10. The number of nitrogens with zero attached hydrogens (tertiary/aromatic N) is 5. The van der Waals surface area contributed by atoms with E-state index in [1.165, 1.54) is 12.8 Å². The molecule has 0 bridgehead atoms. The molecule has 1 aromatic carbocycles. The van der Waals surface area contributed by atoms with Gasteiger partial charge in [-0.15, -0.1) is 10.2 Å². The van der Waals surface area contributed by atoms with Gasteiger partial charge in [0, 0.05) is 25.1 Å². The number of hydrogen-bond donors (Lipinski definition) is 0. The molecule has 0 radical (unpaired) electrons. The Hall–Kier alpha value is -2.89. The van der Waals surface area contributed by atoms with E-state index in [0.717, 1.165) is 47.2 Å². The van der Waals surface area contributed by atoms with Gasteiger partial charge in [-0.25, -0.2) is 4.98 Å². The molecule has 1 aliphatic heterocycles. The van der Waals surface area contributed by atoms with Gasteiger partial charge in [-0.2, -0.15) is 0 Å². The number of methoxy groups -OCH3 is 1. The van der Waals surface area contributed by atoms with Crippen LogP contribution in [0.15, 0.2) is 36.8 Å². The first-order valence-corrected chi connectivity index (χ1v) is 9.44. The van der Waals surface area contributed by atoms with Gasteiger partial charge in [-0.05, 0) is 44.4 Å². The van der Waals surface area contributed by atoms with Crippen LogP contribution in [0.25, 0.3) is 11.8 Å². The van der Waals surface area contributed by atoms with Crippen LogP contribution in [0, 0.1) is 6.92 Å². The molecule has 0 fully saturated rings. The summed E-state index contributed by atoms with van der Waals surface area (Å²) in [5, 5.41) is 8.75. The number of fused-ring (bicyclic) bond motifs is 1. The summed E-state index contributed by atoms with van der Waals surface area (Å²) in [5.74, 6) is 2.99. The topological polar surface area (TPSA) is 57.8 Å². The van der Waals surface area contributed by atoms with Crippen LogP contribution >= 0.6 is 0 Å². The van der Waals surface area contributed by atoms with Gasteiger partial charge < -0.3 is 13.9 Å². The Labute approximate surface area is 159 Å². The Morgan fingerprint density at radius 2 is 2.19 bits per heavy atom. The monoisotopic (exact) mass is 363 g/mol. The van der Waals surface area contributed by atoms with Crippen LogP contribution in [-0.4, -0.2) is 31.4 Å². The number of hydrogen-bond acceptors (Lipinski definition) is 4. The number of ether oxygens (including phenoxy) is 1. The molecule has 6 heteroatoms. The summed E-state index contributed by atoms with van der Waals surface area (Å²) >= 11 is 0. The largest absolute Gasteiger partial charge is 0.495 e. The summed E-state index contributed by atoms with van der Waals surface area (Å²) in [6.45, 7) is 4.23. The first kappa shape index (κ1) is 17.5. The van der Waals surface area contributed by atoms with E-state index in [-0.39, 0.29) is 0 Å². The van der Waals surface area contributed by atoms with Gasteiger partial charge in [-0.3, -0.25) is 0 Å². The van der Waals surface area contributed by atoms with Crippen LogP contribution in [0.1, 0.15) is 48.7 Å². The first-order chi connectivity index (χ1) is 13.2. The highest BCUT2D eigenvalue weighted by Gasteiger charge is 2.20. The number of aryl methyl sites for hydroxylation is 2. The molecular formula is C21H25N5O. The molecule has 3 heterocycles. The van der Waals surface area contributed by atoms with Crippen LogP contribution in [0.4, 0.5) is 0 Å². The standard InChI is InChI=1S/C21H25N5O/c1-15-13-25(14-22-15)18-11-10-17(12-19(18)27-3)7-5-9-21-24-23-20-8-4-6-16(2)26(20)21/h5,7,10-14,16H,4,6,8-9H2,1-3H3/b7-5+/t16-/m0/s1. The van der Waals surface area contributed by atoms with Crippen LogP contribution in [0.2, 0.25) is 0 Å². The molecule has 1 atom stereocenters. The number of allylic oxidation sites excluding steroid dienone is 1. The zero-order valence-corrected chi connectivity index (χ0v) is 16.1. The molecule has 2 aromatic heterocycles. The minimum absolute atomic E-state index is 0.491. The highest BCUT2D eigenvalue weighted by molar-refractivity contribution is 5.58. The molecule has 0 spiro atoms. The Bertz CT molecular complexity index is 969. The van der Waals surface area contributed by atoms with Gasteiger partial charge in [0.1, 0.15) is 17.4 Å². The Morgan fingerprint density at radius 1 is 1.30 bits per heavy atom. The predicted molar refractivity (Wildman–Crippen MR) is 105 cm³/mol. The zero-order chi connectivity index (χ0) is 18.8. The van der Waals surface area contributed by atoms with Crippen molar-refractivity contribution in [1.82, 2.24) is 24.3 Å². The highest BCUT2D eigenvalue weighted by Crippen LogP contribution is 2.26. The Balaban J connectivity index is 1.52. The molecule has 0 saturated carbocycles. The third-order valence-corrected chi connectivity index (χ3v) is 5.10. The van der Waals surface area contributed by atoms with Gasteiger partial charge in [-0.1, -0.05) is 18.2 Å². The SMILES string of the molecule is COc1cc(/C=C/Cc2nnc3n2[C@@H](C)CCC3)ccc1-n1cnc(C)c1. The van der Waals surface area contributed by atoms with E-state index in [0.29, 0.717) is 6.04 Å². The first-order valence-electron chi connectivity index (χ1n) is 9.44. The predicted octanol–water partition coefficient (Wildman–Crippen LogP) is 3.93. The quantitative estimate of drug-likeness (QED) is 0.689. The number of imidazole rings is 1. The number of rotatable bonds is 5. The average molecular weight is 363 g/mol. The molecule has 0 saturated heterocycles. The third kappa shape index (κ3) is 3.52. The Kier molecular flexibility index (Phi) is 4.79. The lowest BCUT2D eigenvalue weighted by Crippen LogP contribution is -2.17. The van der Waals surface area contributed by atoms with Gasteiger partial charge in [0.2, 0.25) is 0 Å². The molecule has 4 rings (SSSR count). The fourth-order valence-electron chi connectivity index (χ4n) is 3.73. The van der Waals surface area contributed by atoms with Crippen LogP contribution in [0.5, 0.6) is 5.75 Å². The van der Waals surface area contributed by atoms with Gasteiger partial charge in [0.05, 0.1) is 24.8 Å². The summed E-state index contributed by atoms with van der Waals surface area (Å²) in [6, 6.07) is 6.68. The van der Waals surface area contributed by atoms with Gasteiger partial charge in [0.25, 0.3) is 0 Å². The lowest BCUT2D eigenvalue weighted by molar-refractivity contribution is 0.413. The van der Waals surface area contributed by atoms with Crippen molar-refractivity contribution in [2.24, 2.45) is 0 Å². The van der Waals surface area contributed by atoms with Crippen molar-refractivity contribution in [2.45, 2.75) is 45.6 Å². The fraction of sp³-hybridized carbons (Fsp3) is 0.381. The van der Waals surface area contributed by atoms with E-state index in [4.69, 9.17) is 4.74 Å². The molecule has 0 amide bonds. The second kappa shape index (κ2) is 7.39. The van der Waals surface area contributed by atoms with Crippen molar-refractivity contribution < 1.29 is 4.74 Å². The smallest absolute Gasteiger partial charge is 0.143 e. The van der Waals surface area contributed by atoms with Gasteiger partial charge in [0.15, 0.2) is 0 Å². The zero-order valence-electron chi connectivity index (χ0n) is 16.1. The normalized spacial score (nSPS) is 16.6. The van der Waals surface area contributed by atoms with E-state index in [1.54, 1.807) is 13.4 Å². The molecule has 6 nitrogen and oxygen atoms in total. The van der Waals surface area contributed by atoms with Crippen molar-refractivity contribution in [3.63, 3.8) is 0 Å². The molecular weight excluding hydrogens is 338 g/mol. The lowest BCUT2D eigenvalue weighted by Gasteiger charge is -2.22. The van der Waals surface area contributed by atoms with E-state index in [1.807, 2.05) is 23.8 Å². The second-order valence-corrected chi connectivity index (χ2v) is 7.10. The van der Waals surface area contributed by atoms with E-state index < -0.39 is 0 Å². The molecule has 0 unspecified atom stereocenters. The van der Waals surface area contributed by atoms with Crippen LogP contribution in [0.3, 0.4) is 0 Å². The molecule has 0 aliphatic carbocycles. The highest BCUT2D eigenvalue weighted by atomic mass is 16.5. The number of benzene rings is 1. The van der Waals surface area contributed by atoms with Crippen molar-refractivity contribution in [2.75, 3.05) is 7.11 Å².